The lowest BCUT2D eigenvalue weighted by Gasteiger charge is -2.08. The molecule has 0 amide bonds. The number of halogens is 3. The first-order valence-electron chi connectivity index (χ1n) is 5.79. The Morgan fingerprint density at radius 2 is 2.10 bits per heavy atom. The van der Waals surface area contributed by atoms with Gasteiger partial charge in [-0.2, -0.15) is 18.2 Å². The Morgan fingerprint density at radius 3 is 2.70 bits per heavy atom. The van der Waals surface area contributed by atoms with Crippen molar-refractivity contribution in [1.82, 2.24) is 10.1 Å². The van der Waals surface area contributed by atoms with Crippen LogP contribution in [-0.4, -0.2) is 16.7 Å². The van der Waals surface area contributed by atoms with Gasteiger partial charge in [-0.3, -0.25) is 0 Å². The first-order chi connectivity index (χ1) is 9.41. The van der Waals surface area contributed by atoms with E-state index in [4.69, 9.17) is 15.0 Å². The van der Waals surface area contributed by atoms with Gasteiger partial charge in [-0.1, -0.05) is 5.16 Å². The normalized spacial score (nSPS) is 11.8. The fourth-order valence-corrected chi connectivity index (χ4v) is 1.55. The van der Waals surface area contributed by atoms with Crippen LogP contribution in [0.4, 0.5) is 18.9 Å². The zero-order chi connectivity index (χ0) is 14.8. The fraction of sp³-hybridized carbons (Fsp3) is 0.333. The lowest BCUT2D eigenvalue weighted by atomic mass is 10.1. The molecule has 5 nitrogen and oxygen atoms in total. The van der Waals surface area contributed by atoms with E-state index in [1.165, 1.54) is 6.07 Å². The highest BCUT2D eigenvalue weighted by Gasteiger charge is 2.31. The molecule has 0 saturated heterocycles. The third-order valence-corrected chi connectivity index (χ3v) is 2.51. The average Bonchev–Trinajstić information content (AvgIpc) is 2.83. The van der Waals surface area contributed by atoms with E-state index in [9.17, 15) is 13.2 Å². The molecule has 0 saturated carbocycles. The van der Waals surface area contributed by atoms with Gasteiger partial charge in [0.2, 0.25) is 0 Å². The summed E-state index contributed by atoms with van der Waals surface area (Å²) in [6, 6.07) is 2.95. The second-order valence-corrected chi connectivity index (χ2v) is 3.95. The summed E-state index contributed by atoms with van der Waals surface area (Å²) in [5.74, 6) is 0.368. The van der Waals surface area contributed by atoms with Crippen LogP contribution in [0.15, 0.2) is 22.7 Å². The number of nitrogen functional groups attached to an aromatic ring is 1. The molecule has 20 heavy (non-hydrogen) atoms. The Kier molecular flexibility index (Phi) is 3.93. The molecule has 2 N–H and O–H groups in total. The Balaban J connectivity index is 2.27. The number of hydrogen-bond acceptors (Lipinski definition) is 5. The predicted molar refractivity (Wildman–Crippen MR) is 64.5 cm³/mol. The third-order valence-electron chi connectivity index (χ3n) is 2.51. The number of rotatable bonds is 4. The number of nitrogens with two attached hydrogens (primary N) is 1. The largest absolute Gasteiger partial charge is 0.416 e. The smallest absolute Gasteiger partial charge is 0.398 e. The zero-order valence-electron chi connectivity index (χ0n) is 10.6. The Labute approximate surface area is 112 Å². The minimum Gasteiger partial charge on any atom is -0.398 e. The molecule has 0 aliphatic rings. The standard InChI is InChI=1S/C12H12F3N3O2/c1-2-19-6-10-17-11(20-18-10)8-4-3-7(5-9(8)16)12(13,14)15/h3-5H,2,6,16H2,1H3. The molecule has 1 heterocycles. The van der Waals surface area contributed by atoms with E-state index >= 15 is 0 Å². The highest BCUT2D eigenvalue weighted by Crippen LogP contribution is 2.34. The van der Waals surface area contributed by atoms with Gasteiger partial charge < -0.3 is 15.0 Å². The van der Waals surface area contributed by atoms with Crippen molar-refractivity contribution in [2.45, 2.75) is 19.7 Å². The van der Waals surface area contributed by atoms with Crippen molar-refractivity contribution in [3.8, 4) is 11.5 Å². The van der Waals surface area contributed by atoms with Gasteiger partial charge in [0.25, 0.3) is 5.89 Å². The zero-order valence-corrected chi connectivity index (χ0v) is 10.6. The van der Waals surface area contributed by atoms with Crippen LogP contribution in [-0.2, 0) is 17.5 Å². The minimum absolute atomic E-state index is 0.0610. The first kappa shape index (κ1) is 14.3. The van der Waals surface area contributed by atoms with Crippen LogP contribution in [0.1, 0.15) is 18.3 Å². The van der Waals surface area contributed by atoms with E-state index in [1.807, 2.05) is 6.92 Å². The van der Waals surface area contributed by atoms with Gasteiger partial charge in [0.1, 0.15) is 6.61 Å². The molecular formula is C12H12F3N3O2. The second-order valence-electron chi connectivity index (χ2n) is 3.95. The molecule has 2 rings (SSSR count). The third kappa shape index (κ3) is 3.08. The van der Waals surface area contributed by atoms with Crippen molar-refractivity contribution in [3.05, 3.63) is 29.6 Å². The van der Waals surface area contributed by atoms with Crippen LogP contribution >= 0.6 is 0 Å². The van der Waals surface area contributed by atoms with E-state index in [2.05, 4.69) is 10.1 Å². The summed E-state index contributed by atoms with van der Waals surface area (Å²) in [6.45, 7) is 2.47. The second kappa shape index (κ2) is 5.49. The fourth-order valence-electron chi connectivity index (χ4n) is 1.55. The molecule has 8 heteroatoms. The van der Waals surface area contributed by atoms with Gasteiger partial charge in [-0.15, -0.1) is 0 Å². The number of nitrogens with zero attached hydrogens (tertiary/aromatic N) is 2. The molecular weight excluding hydrogens is 275 g/mol. The van der Waals surface area contributed by atoms with Gasteiger partial charge in [0.15, 0.2) is 5.82 Å². The summed E-state index contributed by atoms with van der Waals surface area (Å²) in [6.07, 6.45) is -4.44. The lowest BCUT2D eigenvalue weighted by Crippen LogP contribution is -2.06. The molecule has 0 aliphatic heterocycles. The SMILES string of the molecule is CCOCc1noc(-c2ccc(C(F)(F)F)cc2N)n1. The van der Waals surface area contributed by atoms with E-state index < -0.39 is 11.7 Å². The molecule has 0 unspecified atom stereocenters. The molecule has 1 aromatic carbocycles. The Morgan fingerprint density at radius 1 is 1.35 bits per heavy atom. The highest BCUT2D eigenvalue weighted by atomic mass is 19.4. The summed E-state index contributed by atoms with van der Waals surface area (Å²) < 4.78 is 47.6. The van der Waals surface area contributed by atoms with Gasteiger partial charge in [-0.25, -0.2) is 0 Å². The molecule has 0 fully saturated rings. The van der Waals surface area contributed by atoms with Crippen molar-refractivity contribution in [3.63, 3.8) is 0 Å². The molecule has 0 atom stereocenters. The summed E-state index contributed by atoms with van der Waals surface area (Å²) in [5, 5.41) is 3.65. The first-order valence-corrected chi connectivity index (χ1v) is 5.79. The van der Waals surface area contributed by atoms with Gasteiger partial charge in [-0.05, 0) is 25.1 Å². The molecule has 0 bridgehead atoms. The number of hydrogen-bond donors (Lipinski definition) is 1. The summed E-state index contributed by atoms with van der Waals surface area (Å²) in [5.41, 5.74) is 4.95. The van der Waals surface area contributed by atoms with Gasteiger partial charge in [0, 0.05) is 12.3 Å². The van der Waals surface area contributed by atoms with Crippen LogP contribution in [0, 0.1) is 0 Å². The predicted octanol–water partition coefficient (Wildman–Crippen LogP) is 2.87. The van der Waals surface area contributed by atoms with Crippen molar-refractivity contribution in [1.29, 1.82) is 0 Å². The molecule has 0 radical (unpaired) electrons. The average molecular weight is 287 g/mol. The monoisotopic (exact) mass is 287 g/mol. The molecule has 108 valence electrons. The van der Waals surface area contributed by atoms with Crippen molar-refractivity contribution >= 4 is 5.69 Å². The Hall–Kier alpha value is -2.09. The number of aromatic nitrogens is 2. The maximum absolute atomic E-state index is 12.5. The van der Waals surface area contributed by atoms with Gasteiger partial charge >= 0.3 is 6.18 Å². The van der Waals surface area contributed by atoms with E-state index in [1.54, 1.807) is 0 Å². The number of benzene rings is 1. The van der Waals surface area contributed by atoms with Crippen molar-refractivity contribution in [2.24, 2.45) is 0 Å². The molecule has 2 aromatic rings. The Bertz CT molecular complexity index is 596. The van der Waals surface area contributed by atoms with Crippen LogP contribution in [0.3, 0.4) is 0 Å². The van der Waals surface area contributed by atoms with E-state index in [0.717, 1.165) is 12.1 Å². The topological polar surface area (TPSA) is 74.2 Å². The van der Waals surface area contributed by atoms with Crippen LogP contribution < -0.4 is 5.73 Å². The maximum atomic E-state index is 12.5. The molecule has 0 aliphatic carbocycles. The lowest BCUT2D eigenvalue weighted by molar-refractivity contribution is -0.137. The van der Waals surface area contributed by atoms with Crippen LogP contribution in [0.25, 0.3) is 11.5 Å². The highest BCUT2D eigenvalue weighted by molar-refractivity contribution is 5.71. The maximum Gasteiger partial charge on any atom is 0.416 e. The van der Waals surface area contributed by atoms with Crippen molar-refractivity contribution < 1.29 is 22.4 Å². The van der Waals surface area contributed by atoms with Gasteiger partial charge in [0.05, 0.1) is 11.1 Å². The summed E-state index contributed by atoms with van der Waals surface area (Å²) in [4.78, 5) is 4.01. The summed E-state index contributed by atoms with van der Waals surface area (Å²) in [7, 11) is 0. The molecule has 1 aromatic heterocycles. The minimum atomic E-state index is -4.44. The van der Waals surface area contributed by atoms with E-state index in [-0.39, 0.29) is 23.7 Å². The quantitative estimate of drug-likeness (QED) is 0.875. The number of anilines is 1. The molecule has 0 spiro atoms. The van der Waals surface area contributed by atoms with Crippen LogP contribution in [0.5, 0.6) is 0 Å². The summed E-state index contributed by atoms with van der Waals surface area (Å²) >= 11 is 0. The number of alkyl halides is 3. The van der Waals surface area contributed by atoms with E-state index in [0.29, 0.717) is 12.4 Å². The van der Waals surface area contributed by atoms with Crippen molar-refractivity contribution in [2.75, 3.05) is 12.3 Å². The van der Waals surface area contributed by atoms with Crippen LogP contribution in [0.2, 0.25) is 0 Å². The number of ether oxygens (including phenoxy) is 1.